The number of hydrogen-bond acceptors (Lipinski definition) is 5. The fourth-order valence-corrected chi connectivity index (χ4v) is 4.02. The quantitative estimate of drug-likeness (QED) is 0.614. The Morgan fingerprint density at radius 2 is 1.97 bits per heavy atom. The SMILES string of the molecule is CCCc1ccccc1Cn1cnc(C(=O)NC2CCn3nc(CC)cc3N(C)C2=O)n1. The number of aryl methyl sites for hydroxylation is 3. The van der Waals surface area contributed by atoms with Crippen molar-refractivity contribution in [2.45, 2.75) is 58.7 Å². The van der Waals surface area contributed by atoms with Gasteiger partial charge in [-0.3, -0.25) is 14.5 Å². The Kier molecular flexibility index (Phi) is 6.34. The summed E-state index contributed by atoms with van der Waals surface area (Å²) in [4.78, 5) is 31.5. The van der Waals surface area contributed by atoms with Crippen LogP contribution in [0.15, 0.2) is 36.7 Å². The number of carbonyl (C=O) groups is 2. The molecule has 168 valence electrons. The van der Waals surface area contributed by atoms with Gasteiger partial charge < -0.3 is 5.32 Å². The lowest BCUT2D eigenvalue weighted by Crippen LogP contribution is -2.47. The molecule has 0 bridgehead atoms. The highest BCUT2D eigenvalue weighted by Gasteiger charge is 2.31. The van der Waals surface area contributed by atoms with E-state index in [-0.39, 0.29) is 11.7 Å². The Morgan fingerprint density at radius 1 is 1.19 bits per heavy atom. The summed E-state index contributed by atoms with van der Waals surface area (Å²) in [7, 11) is 1.71. The molecule has 0 radical (unpaired) electrons. The van der Waals surface area contributed by atoms with E-state index in [1.165, 1.54) is 5.56 Å². The third kappa shape index (κ3) is 4.42. The Bertz CT molecular complexity index is 1120. The maximum absolute atomic E-state index is 12.9. The monoisotopic (exact) mass is 435 g/mol. The second-order valence-corrected chi connectivity index (χ2v) is 8.07. The van der Waals surface area contributed by atoms with Crippen molar-refractivity contribution in [3.63, 3.8) is 0 Å². The first-order chi connectivity index (χ1) is 15.5. The number of amides is 2. The number of fused-ring (bicyclic) bond motifs is 1. The van der Waals surface area contributed by atoms with Crippen molar-refractivity contribution in [3.8, 4) is 0 Å². The van der Waals surface area contributed by atoms with Crippen LogP contribution in [0, 0.1) is 0 Å². The van der Waals surface area contributed by atoms with Gasteiger partial charge in [0.05, 0.1) is 12.2 Å². The first-order valence-corrected chi connectivity index (χ1v) is 11.1. The van der Waals surface area contributed by atoms with Crippen LogP contribution >= 0.6 is 0 Å². The molecule has 2 amide bonds. The maximum atomic E-state index is 12.9. The normalized spacial score (nSPS) is 16.0. The van der Waals surface area contributed by atoms with E-state index in [1.807, 2.05) is 29.8 Å². The van der Waals surface area contributed by atoms with Crippen molar-refractivity contribution in [2.24, 2.45) is 0 Å². The highest BCUT2D eigenvalue weighted by molar-refractivity contribution is 6.00. The van der Waals surface area contributed by atoms with Crippen LogP contribution in [-0.2, 0) is 30.7 Å². The van der Waals surface area contributed by atoms with Gasteiger partial charge in [-0.05, 0) is 30.4 Å². The number of hydrogen-bond donors (Lipinski definition) is 1. The van der Waals surface area contributed by atoms with E-state index < -0.39 is 11.9 Å². The fourth-order valence-electron chi connectivity index (χ4n) is 4.02. The van der Waals surface area contributed by atoms with E-state index in [1.54, 1.807) is 23.0 Å². The van der Waals surface area contributed by atoms with E-state index >= 15 is 0 Å². The van der Waals surface area contributed by atoms with Gasteiger partial charge in [0.2, 0.25) is 5.82 Å². The van der Waals surface area contributed by atoms with E-state index in [4.69, 9.17) is 0 Å². The highest BCUT2D eigenvalue weighted by atomic mass is 16.2. The molecule has 0 aliphatic carbocycles. The van der Waals surface area contributed by atoms with Crippen LogP contribution < -0.4 is 10.2 Å². The number of nitrogens with zero attached hydrogens (tertiary/aromatic N) is 6. The van der Waals surface area contributed by atoms with Crippen molar-refractivity contribution in [1.29, 1.82) is 0 Å². The molecule has 9 heteroatoms. The predicted octanol–water partition coefficient (Wildman–Crippen LogP) is 2.20. The van der Waals surface area contributed by atoms with Crippen LogP contribution in [0.2, 0.25) is 0 Å². The second kappa shape index (κ2) is 9.33. The number of benzene rings is 1. The van der Waals surface area contributed by atoms with Gasteiger partial charge in [-0.2, -0.15) is 5.10 Å². The Hall–Kier alpha value is -3.49. The van der Waals surface area contributed by atoms with E-state index in [0.717, 1.165) is 36.3 Å². The summed E-state index contributed by atoms with van der Waals surface area (Å²) in [5, 5.41) is 11.7. The van der Waals surface area contributed by atoms with Gasteiger partial charge in [-0.15, -0.1) is 5.10 Å². The Morgan fingerprint density at radius 3 is 2.72 bits per heavy atom. The molecule has 2 aromatic heterocycles. The lowest BCUT2D eigenvalue weighted by atomic mass is 10.0. The van der Waals surface area contributed by atoms with Crippen LogP contribution in [0.1, 0.15) is 54.1 Å². The molecular formula is C23H29N7O2. The van der Waals surface area contributed by atoms with Gasteiger partial charge in [0.25, 0.3) is 11.8 Å². The molecule has 1 aliphatic rings. The molecule has 0 saturated heterocycles. The summed E-state index contributed by atoms with van der Waals surface area (Å²) in [6, 6.07) is 9.48. The summed E-state index contributed by atoms with van der Waals surface area (Å²) in [5.74, 6) is 0.180. The minimum atomic E-state index is -0.656. The standard InChI is InChI=1S/C23H29N7O2/c1-4-8-16-9-6-7-10-17(16)14-29-15-24-21(27-29)22(31)25-19-11-12-30-20(28(3)23(19)32)13-18(5-2)26-30/h6-7,9-10,13,15,19H,4-5,8,11-12,14H2,1-3H3,(H,25,31). The van der Waals surface area contributed by atoms with Crippen LogP contribution in [-0.4, -0.2) is 49.4 Å². The summed E-state index contributed by atoms with van der Waals surface area (Å²) in [5.41, 5.74) is 3.37. The average Bonchev–Trinajstić information content (AvgIpc) is 3.42. The zero-order valence-corrected chi connectivity index (χ0v) is 18.8. The van der Waals surface area contributed by atoms with Crippen molar-refractivity contribution in [1.82, 2.24) is 29.9 Å². The molecule has 1 aliphatic heterocycles. The largest absolute Gasteiger partial charge is 0.337 e. The Labute approximate surface area is 187 Å². The molecule has 1 aromatic carbocycles. The summed E-state index contributed by atoms with van der Waals surface area (Å²) >= 11 is 0. The van der Waals surface area contributed by atoms with Gasteiger partial charge in [-0.25, -0.2) is 14.3 Å². The van der Waals surface area contributed by atoms with Crippen molar-refractivity contribution in [3.05, 3.63) is 59.3 Å². The number of aromatic nitrogens is 5. The first-order valence-electron chi connectivity index (χ1n) is 11.1. The zero-order chi connectivity index (χ0) is 22.7. The van der Waals surface area contributed by atoms with Gasteiger partial charge in [0.1, 0.15) is 18.2 Å². The molecule has 3 aromatic rings. The van der Waals surface area contributed by atoms with Gasteiger partial charge in [0, 0.05) is 19.7 Å². The molecule has 32 heavy (non-hydrogen) atoms. The molecular weight excluding hydrogens is 406 g/mol. The molecule has 1 atom stereocenters. The van der Waals surface area contributed by atoms with Crippen molar-refractivity contribution < 1.29 is 9.59 Å². The highest BCUT2D eigenvalue weighted by Crippen LogP contribution is 2.21. The number of anilines is 1. The number of nitrogens with one attached hydrogen (secondary N) is 1. The molecule has 0 saturated carbocycles. The smallest absolute Gasteiger partial charge is 0.291 e. The van der Waals surface area contributed by atoms with Crippen molar-refractivity contribution in [2.75, 3.05) is 11.9 Å². The lowest BCUT2D eigenvalue weighted by molar-refractivity contribution is -0.120. The molecule has 4 rings (SSSR count). The van der Waals surface area contributed by atoms with E-state index in [2.05, 4.69) is 39.6 Å². The fraction of sp³-hybridized carbons (Fsp3) is 0.435. The predicted molar refractivity (Wildman–Crippen MR) is 120 cm³/mol. The van der Waals surface area contributed by atoms with Crippen LogP contribution in [0.3, 0.4) is 0 Å². The third-order valence-corrected chi connectivity index (χ3v) is 5.79. The summed E-state index contributed by atoms with van der Waals surface area (Å²) < 4.78 is 3.48. The average molecular weight is 436 g/mol. The third-order valence-electron chi connectivity index (χ3n) is 5.79. The van der Waals surface area contributed by atoms with Gasteiger partial charge in [0.15, 0.2) is 0 Å². The van der Waals surface area contributed by atoms with Gasteiger partial charge >= 0.3 is 0 Å². The van der Waals surface area contributed by atoms with Crippen LogP contribution in [0.4, 0.5) is 5.82 Å². The summed E-state index contributed by atoms with van der Waals surface area (Å²) in [6.45, 7) is 5.27. The first kappa shape index (κ1) is 21.7. The minimum Gasteiger partial charge on any atom is -0.337 e. The topological polar surface area (TPSA) is 97.9 Å². The minimum absolute atomic E-state index is 0.0590. The molecule has 0 fully saturated rings. The maximum Gasteiger partial charge on any atom is 0.291 e. The number of rotatable bonds is 7. The number of likely N-dealkylation sites (N-methyl/N-ethyl adjacent to an activating group) is 1. The van der Waals surface area contributed by atoms with Crippen LogP contribution in [0.5, 0.6) is 0 Å². The summed E-state index contributed by atoms with van der Waals surface area (Å²) in [6.07, 6.45) is 4.87. The van der Waals surface area contributed by atoms with Gasteiger partial charge in [-0.1, -0.05) is 44.5 Å². The van der Waals surface area contributed by atoms with E-state index in [0.29, 0.717) is 19.5 Å². The van der Waals surface area contributed by atoms with Crippen molar-refractivity contribution >= 4 is 17.6 Å². The second-order valence-electron chi connectivity index (χ2n) is 8.07. The van der Waals surface area contributed by atoms with E-state index in [9.17, 15) is 9.59 Å². The molecule has 9 nitrogen and oxygen atoms in total. The number of carbonyl (C=O) groups excluding carboxylic acids is 2. The van der Waals surface area contributed by atoms with Crippen LogP contribution in [0.25, 0.3) is 0 Å². The molecule has 1 N–H and O–H groups in total. The zero-order valence-electron chi connectivity index (χ0n) is 18.8. The Balaban J connectivity index is 1.43. The molecule has 3 heterocycles. The molecule has 0 spiro atoms. The molecule has 1 unspecified atom stereocenters. The lowest BCUT2D eigenvalue weighted by Gasteiger charge is -2.19.